The van der Waals surface area contributed by atoms with Crippen molar-refractivity contribution in [2.24, 2.45) is 5.73 Å². The van der Waals surface area contributed by atoms with Crippen LogP contribution in [0.15, 0.2) is 23.9 Å². The summed E-state index contributed by atoms with van der Waals surface area (Å²) in [5, 5.41) is 0. The molecule has 0 aliphatic rings. The minimum Gasteiger partial charge on any atom is -0.405 e. The van der Waals surface area contributed by atoms with E-state index in [1.165, 1.54) is 6.20 Å². The molecule has 2 N–H and O–H groups in total. The van der Waals surface area contributed by atoms with Crippen molar-refractivity contribution in [3.63, 3.8) is 0 Å². The summed E-state index contributed by atoms with van der Waals surface area (Å²) in [6, 6.07) is 0. The quantitative estimate of drug-likeness (QED) is 0.393. The second-order valence-electron chi connectivity index (χ2n) is 1.38. The van der Waals surface area contributed by atoms with E-state index in [1.807, 2.05) is 6.92 Å². The maximum atomic E-state index is 5.04. The Bertz CT molecular complexity index is 146. The predicted molar refractivity (Wildman–Crippen MR) is 35.9 cm³/mol. The lowest BCUT2D eigenvalue weighted by Crippen LogP contribution is -1.73. The van der Waals surface area contributed by atoms with Crippen molar-refractivity contribution in [3.8, 4) is 12.3 Å². The average Bonchev–Trinajstić information content (AvgIpc) is 1.83. The lowest BCUT2D eigenvalue weighted by molar-refractivity contribution is 1.54. The molecule has 0 aromatic carbocycles. The van der Waals surface area contributed by atoms with E-state index in [0.717, 1.165) is 5.57 Å². The lowest BCUT2D eigenvalue weighted by atomic mass is 10.3. The third-order valence-electron chi connectivity index (χ3n) is 0.685. The van der Waals surface area contributed by atoms with E-state index in [0.29, 0.717) is 0 Å². The summed E-state index contributed by atoms with van der Waals surface area (Å²) in [5.41, 5.74) is 5.92. The zero-order valence-corrected chi connectivity index (χ0v) is 4.89. The van der Waals surface area contributed by atoms with Crippen LogP contribution in [0.4, 0.5) is 0 Å². The molecule has 0 aromatic heterocycles. The molecule has 1 nitrogen and oxygen atoms in total. The molecule has 0 heterocycles. The van der Waals surface area contributed by atoms with E-state index in [4.69, 9.17) is 12.2 Å². The SMILES string of the molecule is C#C/C(C)=C\C=C/N. The molecule has 0 radical (unpaired) electrons. The van der Waals surface area contributed by atoms with Gasteiger partial charge in [0.1, 0.15) is 0 Å². The van der Waals surface area contributed by atoms with Gasteiger partial charge in [-0.1, -0.05) is 5.92 Å². The first kappa shape index (κ1) is 6.84. The largest absolute Gasteiger partial charge is 0.405 e. The van der Waals surface area contributed by atoms with E-state index in [9.17, 15) is 0 Å². The van der Waals surface area contributed by atoms with Crippen molar-refractivity contribution in [3.05, 3.63) is 23.9 Å². The van der Waals surface area contributed by atoms with Gasteiger partial charge in [-0.3, -0.25) is 0 Å². The highest BCUT2D eigenvalue weighted by Crippen LogP contribution is 1.86. The molecular weight excluding hydrogens is 98.1 g/mol. The van der Waals surface area contributed by atoms with E-state index in [-0.39, 0.29) is 0 Å². The summed E-state index contributed by atoms with van der Waals surface area (Å²) in [6.45, 7) is 1.85. The Morgan fingerprint density at radius 2 is 2.38 bits per heavy atom. The van der Waals surface area contributed by atoms with Crippen molar-refractivity contribution < 1.29 is 0 Å². The van der Waals surface area contributed by atoms with Crippen molar-refractivity contribution in [1.29, 1.82) is 0 Å². The van der Waals surface area contributed by atoms with Crippen LogP contribution in [0.2, 0.25) is 0 Å². The Hall–Kier alpha value is -1.16. The molecule has 42 valence electrons. The highest BCUT2D eigenvalue weighted by Gasteiger charge is 1.70. The summed E-state index contributed by atoms with van der Waals surface area (Å²) in [4.78, 5) is 0. The molecule has 0 amide bonds. The van der Waals surface area contributed by atoms with Gasteiger partial charge in [-0.15, -0.1) is 6.42 Å². The molecule has 0 rings (SSSR count). The summed E-state index contributed by atoms with van der Waals surface area (Å²) >= 11 is 0. The molecule has 0 spiro atoms. The van der Waals surface area contributed by atoms with Crippen LogP contribution in [0, 0.1) is 12.3 Å². The molecule has 0 aliphatic heterocycles. The van der Waals surface area contributed by atoms with Gasteiger partial charge in [-0.05, 0) is 30.8 Å². The number of allylic oxidation sites excluding steroid dienone is 3. The smallest absolute Gasteiger partial charge is 0.00129 e. The van der Waals surface area contributed by atoms with Crippen LogP contribution < -0.4 is 5.73 Å². The van der Waals surface area contributed by atoms with Crippen molar-refractivity contribution in [2.75, 3.05) is 0 Å². The number of nitrogens with two attached hydrogens (primary N) is 1. The second kappa shape index (κ2) is 4.01. The number of terminal acetylenes is 1. The van der Waals surface area contributed by atoms with Gasteiger partial charge < -0.3 is 5.73 Å². The van der Waals surface area contributed by atoms with Gasteiger partial charge in [0, 0.05) is 0 Å². The summed E-state index contributed by atoms with van der Waals surface area (Å²) in [7, 11) is 0. The van der Waals surface area contributed by atoms with Crippen LogP contribution in [-0.4, -0.2) is 0 Å². The first-order valence-corrected chi connectivity index (χ1v) is 2.33. The Morgan fingerprint density at radius 1 is 1.75 bits per heavy atom. The van der Waals surface area contributed by atoms with Crippen molar-refractivity contribution >= 4 is 0 Å². The molecule has 0 saturated carbocycles. The summed E-state index contributed by atoms with van der Waals surface area (Å²) in [5.74, 6) is 2.45. The van der Waals surface area contributed by atoms with Gasteiger partial charge >= 0.3 is 0 Å². The molecule has 0 fully saturated rings. The fourth-order valence-electron chi connectivity index (χ4n) is 0.248. The molecule has 0 atom stereocenters. The highest BCUT2D eigenvalue weighted by atomic mass is 14.5. The van der Waals surface area contributed by atoms with Crippen LogP contribution >= 0.6 is 0 Å². The lowest BCUT2D eigenvalue weighted by Gasteiger charge is -1.78. The first-order valence-electron chi connectivity index (χ1n) is 2.33. The number of rotatable bonds is 1. The van der Waals surface area contributed by atoms with E-state index in [2.05, 4.69) is 5.92 Å². The molecule has 0 aromatic rings. The van der Waals surface area contributed by atoms with Gasteiger partial charge in [0.2, 0.25) is 0 Å². The van der Waals surface area contributed by atoms with Crippen molar-refractivity contribution in [1.82, 2.24) is 0 Å². The molecule has 0 saturated heterocycles. The Balaban J connectivity index is 3.81. The van der Waals surface area contributed by atoms with E-state index in [1.54, 1.807) is 12.2 Å². The minimum absolute atomic E-state index is 0.881. The number of hydrogen-bond acceptors (Lipinski definition) is 1. The zero-order chi connectivity index (χ0) is 6.41. The van der Waals surface area contributed by atoms with Gasteiger partial charge in [-0.25, -0.2) is 0 Å². The fourth-order valence-corrected chi connectivity index (χ4v) is 0.248. The van der Waals surface area contributed by atoms with E-state index >= 15 is 0 Å². The third kappa shape index (κ3) is 3.05. The van der Waals surface area contributed by atoms with Gasteiger partial charge in [0.05, 0.1) is 0 Å². The third-order valence-corrected chi connectivity index (χ3v) is 0.685. The fraction of sp³-hybridized carbons (Fsp3) is 0.143. The summed E-state index contributed by atoms with van der Waals surface area (Å²) < 4.78 is 0. The topological polar surface area (TPSA) is 26.0 Å². The van der Waals surface area contributed by atoms with Gasteiger partial charge in [0.25, 0.3) is 0 Å². The van der Waals surface area contributed by atoms with Gasteiger partial charge in [-0.2, -0.15) is 0 Å². The molecule has 0 aliphatic carbocycles. The van der Waals surface area contributed by atoms with E-state index < -0.39 is 0 Å². The predicted octanol–water partition coefficient (Wildman–Crippen LogP) is 1.04. The van der Waals surface area contributed by atoms with Gasteiger partial charge in [0.15, 0.2) is 0 Å². The Morgan fingerprint density at radius 3 is 2.75 bits per heavy atom. The normalized spacial score (nSPS) is 11.8. The minimum atomic E-state index is 0.881. The van der Waals surface area contributed by atoms with Crippen molar-refractivity contribution in [2.45, 2.75) is 6.92 Å². The molecule has 1 heteroatoms. The van der Waals surface area contributed by atoms with Crippen LogP contribution in [0.1, 0.15) is 6.92 Å². The van der Waals surface area contributed by atoms with Crippen LogP contribution in [-0.2, 0) is 0 Å². The Kier molecular flexibility index (Phi) is 3.43. The average molecular weight is 107 g/mol. The molecule has 8 heavy (non-hydrogen) atoms. The highest BCUT2D eigenvalue weighted by molar-refractivity contribution is 5.26. The van der Waals surface area contributed by atoms with Crippen LogP contribution in [0.3, 0.4) is 0 Å². The van der Waals surface area contributed by atoms with Crippen LogP contribution in [0.5, 0.6) is 0 Å². The molecule has 0 bridgehead atoms. The maximum absolute atomic E-state index is 5.04. The molecular formula is C7H9N. The monoisotopic (exact) mass is 107 g/mol. The zero-order valence-electron chi connectivity index (χ0n) is 4.89. The summed E-state index contributed by atoms with van der Waals surface area (Å²) in [6.07, 6.45) is 9.95. The molecule has 0 unspecified atom stereocenters. The Labute approximate surface area is 49.9 Å². The second-order valence-corrected chi connectivity index (χ2v) is 1.38. The maximum Gasteiger partial charge on any atom is -0.00129 e. The van der Waals surface area contributed by atoms with Crippen LogP contribution in [0.25, 0.3) is 0 Å². The standard InChI is InChI=1S/C7H9N/c1-3-7(2)5-4-6-8/h1,4-6H,8H2,2H3/b6-4-,7-5-. The number of hydrogen-bond donors (Lipinski definition) is 1. The first-order chi connectivity index (χ1) is 3.81.